The van der Waals surface area contributed by atoms with E-state index in [1.54, 1.807) is 28.9 Å². The zero-order chi connectivity index (χ0) is 22.6. The second kappa shape index (κ2) is 9.32. The van der Waals surface area contributed by atoms with Crippen molar-refractivity contribution in [2.45, 2.75) is 13.8 Å². The summed E-state index contributed by atoms with van der Waals surface area (Å²) in [5.41, 5.74) is 5.85. The van der Waals surface area contributed by atoms with Crippen molar-refractivity contribution in [2.75, 3.05) is 17.1 Å². The Bertz CT molecular complexity index is 1210. The Kier molecular flexibility index (Phi) is 6.77. The summed E-state index contributed by atoms with van der Waals surface area (Å²) in [6.07, 6.45) is 2.43. The van der Waals surface area contributed by atoms with Crippen molar-refractivity contribution in [1.82, 2.24) is 15.2 Å². The maximum Gasteiger partial charge on any atom is 0.260 e. The Hall–Kier alpha value is -3.17. The molecule has 0 bridgehead atoms. The van der Waals surface area contributed by atoms with E-state index >= 15 is 0 Å². The first kappa shape index (κ1) is 22.5. The Morgan fingerprint density at radius 1 is 1.16 bits per heavy atom. The molecule has 0 spiro atoms. The Morgan fingerprint density at radius 3 is 2.42 bits per heavy atom. The molecular weight excluding hydrogens is 438 g/mol. The molecule has 10 heteroatoms. The topological polar surface area (TPSA) is 96.7 Å². The molecule has 2 aromatic carbocycles. The zero-order valence-corrected chi connectivity index (χ0v) is 18.9. The fourth-order valence-corrected chi connectivity index (χ4v) is 4.01. The Morgan fingerprint density at radius 2 is 1.81 bits per heavy atom. The number of carbonyl (C=O) groups excluding carboxylic acids is 1. The van der Waals surface area contributed by atoms with E-state index in [1.165, 1.54) is 6.21 Å². The molecule has 3 rings (SSSR count). The van der Waals surface area contributed by atoms with E-state index in [2.05, 4.69) is 15.6 Å². The highest BCUT2D eigenvalue weighted by Crippen LogP contribution is 2.20. The Labute approximate surface area is 186 Å². The van der Waals surface area contributed by atoms with Crippen molar-refractivity contribution in [1.29, 1.82) is 0 Å². The number of anilines is 1. The summed E-state index contributed by atoms with van der Waals surface area (Å²) in [5, 5.41) is 8.46. The third-order valence-electron chi connectivity index (χ3n) is 4.51. The molecule has 162 valence electrons. The number of benzene rings is 2. The predicted octanol–water partition coefficient (Wildman–Crippen LogP) is 3.06. The molecule has 0 aliphatic rings. The van der Waals surface area contributed by atoms with Crippen molar-refractivity contribution in [2.24, 2.45) is 5.10 Å². The summed E-state index contributed by atoms with van der Waals surface area (Å²) in [5.74, 6) is -0.591. The molecule has 3 aromatic rings. The van der Waals surface area contributed by atoms with E-state index in [0.717, 1.165) is 27.5 Å². The molecule has 0 fully saturated rings. The first-order chi connectivity index (χ1) is 14.7. The van der Waals surface area contributed by atoms with Gasteiger partial charge >= 0.3 is 0 Å². The fourth-order valence-electron chi connectivity index (χ4n) is 2.89. The standard InChI is InChI=1S/C21H22ClN5O3S/c1-15-9-11-17(12-10-15)26(31(3,29)30)14-20(28)24-23-13-19-16(2)27(25-21(19)22)18-7-5-4-6-8-18/h4-13H,14H2,1-3H3,(H,24,28)/b23-13-. The highest BCUT2D eigenvalue weighted by Gasteiger charge is 2.20. The van der Waals surface area contributed by atoms with Crippen LogP contribution >= 0.6 is 11.6 Å². The summed E-state index contributed by atoms with van der Waals surface area (Å²) < 4.78 is 27.0. The highest BCUT2D eigenvalue weighted by molar-refractivity contribution is 7.92. The fraction of sp³-hybridized carbons (Fsp3) is 0.190. The SMILES string of the molecule is Cc1ccc(N(CC(=O)N/N=C\c2c(Cl)nn(-c3ccccc3)c2C)S(C)(=O)=O)cc1. The minimum absolute atomic E-state index is 0.233. The van der Waals surface area contributed by atoms with Crippen LogP contribution in [0.3, 0.4) is 0 Å². The van der Waals surface area contributed by atoms with E-state index in [9.17, 15) is 13.2 Å². The van der Waals surface area contributed by atoms with Crippen molar-refractivity contribution < 1.29 is 13.2 Å². The maximum absolute atomic E-state index is 12.3. The van der Waals surface area contributed by atoms with Gasteiger partial charge in [0.1, 0.15) is 6.54 Å². The van der Waals surface area contributed by atoms with E-state index < -0.39 is 22.5 Å². The third-order valence-corrected chi connectivity index (χ3v) is 5.93. The molecule has 0 aliphatic carbocycles. The molecule has 31 heavy (non-hydrogen) atoms. The van der Waals surface area contributed by atoms with Gasteiger partial charge in [0.05, 0.1) is 35.1 Å². The van der Waals surface area contributed by atoms with Crippen LogP contribution in [0.4, 0.5) is 5.69 Å². The van der Waals surface area contributed by atoms with Gasteiger partial charge in [0.15, 0.2) is 5.15 Å². The van der Waals surface area contributed by atoms with Crippen LogP contribution in [0.5, 0.6) is 0 Å². The summed E-state index contributed by atoms with van der Waals surface area (Å²) in [4.78, 5) is 12.3. The summed E-state index contributed by atoms with van der Waals surface area (Å²) in [6.45, 7) is 3.32. The number of hydrogen-bond acceptors (Lipinski definition) is 5. The summed E-state index contributed by atoms with van der Waals surface area (Å²) in [7, 11) is -3.66. The third kappa shape index (κ3) is 5.50. The van der Waals surface area contributed by atoms with Gasteiger partial charge in [-0.2, -0.15) is 10.2 Å². The van der Waals surface area contributed by atoms with Gasteiger partial charge in [0.2, 0.25) is 10.0 Å². The van der Waals surface area contributed by atoms with Gasteiger partial charge < -0.3 is 0 Å². The molecule has 0 unspecified atom stereocenters. The van der Waals surface area contributed by atoms with Gasteiger partial charge in [-0.3, -0.25) is 9.10 Å². The number of hydrazone groups is 1. The smallest absolute Gasteiger partial charge is 0.260 e. The van der Waals surface area contributed by atoms with Crippen LogP contribution < -0.4 is 9.73 Å². The van der Waals surface area contributed by atoms with Gasteiger partial charge in [0, 0.05) is 0 Å². The number of para-hydroxylation sites is 1. The molecule has 1 amide bonds. The zero-order valence-electron chi connectivity index (χ0n) is 17.3. The van der Waals surface area contributed by atoms with Crippen LogP contribution in [0, 0.1) is 13.8 Å². The number of halogens is 1. The first-order valence-electron chi connectivity index (χ1n) is 9.33. The number of amides is 1. The molecule has 0 aliphatic heterocycles. The number of aromatic nitrogens is 2. The van der Waals surface area contributed by atoms with Gasteiger partial charge in [-0.05, 0) is 38.1 Å². The molecule has 8 nitrogen and oxygen atoms in total. The van der Waals surface area contributed by atoms with Crippen LogP contribution in [0.1, 0.15) is 16.8 Å². The minimum atomic E-state index is -3.66. The lowest BCUT2D eigenvalue weighted by molar-refractivity contribution is -0.119. The summed E-state index contributed by atoms with van der Waals surface area (Å²) in [6, 6.07) is 16.3. The summed E-state index contributed by atoms with van der Waals surface area (Å²) >= 11 is 6.23. The molecule has 0 atom stereocenters. The average Bonchev–Trinajstić information content (AvgIpc) is 3.01. The largest absolute Gasteiger partial charge is 0.271 e. The van der Waals surface area contributed by atoms with Gasteiger partial charge in [0.25, 0.3) is 5.91 Å². The van der Waals surface area contributed by atoms with E-state index in [-0.39, 0.29) is 5.15 Å². The molecule has 0 saturated heterocycles. The Balaban J connectivity index is 1.73. The molecule has 1 aromatic heterocycles. The van der Waals surface area contributed by atoms with E-state index in [0.29, 0.717) is 11.3 Å². The van der Waals surface area contributed by atoms with Crippen molar-refractivity contribution in [3.05, 3.63) is 76.6 Å². The van der Waals surface area contributed by atoms with Crippen molar-refractivity contribution >= 4 is 39.4 Å². The average molecular weight is 460 g/mol. The number of aryl methyl sites for hydroxylation is 1. The van der Waals surface area contributed by atoms with Crippen LogP contribution in [0.25, 0.3) is 5.69 Å². The van der Waals surface area contributed by atoms with Crippen LogP contribution in [0.15, 0.2) is 59.7 Å². The van der Waals surface area contributed by atoms with Crippen LogP contribution in [-0.2, 0) is 14.8 Å². The van der Waals surface area contributed by atoms with Gasteiger partial charge in [-0.15, -0.1) is 0 Å². The predicted molar refractivity (Wildman–Crippen MR) is 122 cm³/mol. The lowest BCUT2D eigenvalue weighted by Gasteiger charge is -2.21. The monoisotopic (exact) mass is 459 g/mol. The molecular formula is C21H22ClN5O3S. The van der Waals surface area contributed by atoms with Crippen molar-refractivity contribution in [3.63, 3.8) is 0 Å². The maximum atomic E-state index is 12.3. The number of nitrogens with zero attached hydrogens (tertiary/aromatic N) is 4. The number of carbonyl (C=O) groups is 1. The number of rotatable bonds is 7. The number of nitrogens with one attached hydrogen (secondary N) is 1. The van der Waals surface area contributed by atoms with Gasteiger partial charge in [-0.1, -0.05) is 47.5 Å². The highest BCUT2D eigenvalue weighted by atomic mass is 35.5. The molecule has 0 saturated carbocycles. The molecule has 1 N–H and O–H groups in total. The number of sulfonamides is 1. The normalized spacial score (nSPS) is 11.6. The lowest BCUT2D eigenvalue weighted by atomic mass is 10.2. The van der Waals surface area contributed by atoms with Gasteiger partial charge in [-0.25, -0.2) is 18.5 Å². The quantitative estimate of drug-likeness (QED) is 0.433. The van der Waals surface area contributed by atoms with E-state index in [4.69, 9.17) is 11.6 Å². The second-order valence-electron chi connectivity index (χ2n) is 6.94. The first-order valence-corrected chi connectivity index (χ1v) is 11.6. The molecule has 0 radical (unpaired) electrons. The van der Waals surface area contributed by atoms with E-state index in [1.807, 2.05) is 44.2 Å². The molecule has 1 heterocycles. The second-order valence-corrected chi connectivity index (χ2v) is 9.20. The lowest BCUT2D eigenvalue weighted by Crippen LogP contribution is -2.39. The van der Waals surface area contributed by atoms with Crippen LogP contribution in [-0.4, -0.2) is 43.1 Å². The minimum Gasteiger partial charge on any atom is -0.271 e. The number of hydrogen-bond donors (Lipinski definition) is 1. The van der Waals surface area contributed by atoms with Crippen molar-refractivity contribution in [3.8, 4) is 5.69 Å². The van der Waals surface area contributed by atoms with Crippen LogP contribution in [0.2, 0.25) is 5.15 Å².